The minimum Gasteiger partial charge on any atom is -0.480 e. The van der Waals surface area contributed by atoms with Crippen molar-refractivity contribution in [3.63, 3.8) is 0 Å². The van der Waals surface area contributed by atoms with Crippen LogP contribution in [0.15, 0.2) is 30.3 Å². The highest BCUT2D eigenvalue weighted by Crippen LogP contribution is 2.05. The first-order valence-corrected chi connectivity index (χ1v) is 5.98. The third-order valence-electron chi connectivity index (χ3n) is 2.42. The van der Waals surface area contributed by atoms with Crippen molar-refractivity contribution in [2.75, 3.05) is 0 Å². The zero-order valence-corrected chi connectivity index (χ0v) is 10.8. The molecule has 0 bridgehead atoms. The SMILES string of the molecule is CC(C)C(=S)N[C@@H](Cc1ccccc1)C(=O)O. The van der Waals surface area contributed by atoms with Gasteiger partial charge in [0.1, 0.15) is 6.04 Å². The van der Waals surface area contributed by atoms with Crippen molar-refractivity contribution in [1.82, 2.24) is 5.32 Å². The molecule has 1 aromatic rings. The molecule has 4 heteroatoms. The largest absolute Gasteiger partial charge is 0.480 e. The van der Waals surface area contributed by atoms with Crippen LogP contribution in [0, 0.1) is 5.92 Å². The van der Waals surface area contributed by atoms with Gasteiger partial charge in [-0.25, -0.2) is 4.79 Å². The van der Waals surface area contributed by atoms with Crippen molar-refractivity contribution < 1.29 is 9.90 Å². The number of nitrogens with one attached hydrogen (secondary N) is 1. The molecular weight excluding hydrogens is 234 g/mol. The first-order valence-electron chi connectivity index (χ1n) is 5.58. The average molecular weight is 251 g/mol. The number of benzene rings is 1. The maximum atomic E-state index is 11.1. The Morgan fingerprint density at radius 2 is 1.94 bits per heavy atom. The van der Waals surface area contributed by atoms with Gasteiger partial charge in [0.15, 0.2) is 0 Å². The molecule has 17 heavy (non-hydrogen) atoms. The molecule has 2 N–H and O–H groups in total. The Kier molecular flexibility index (Phi) is 5.10. The lowest BCUT2D eigenvalue weighted by atomic mass is 10.1. The Morgan fingerprint density at radius 1 is 1.35 bits per heavy atom. The van der Waals surface area contributed by atoms with Crippen molar-refractivity contribution in [3.05, 3.63) is 35.9 Å². The number of carboxylic acid groups (broad SMARTS) is 1. The van der Waals surface area contributed by atoms with Gasteiger partial charge in [-0.05, 0) is 5.56 Å². The van der Waals surface area contributed by atoms with Crippen molar-refractivity contribution in [1.29, 1.82) is 0 Å². The van der Waals surface area contributed by atoms with Gasteiger partial charge >= 0.3 is 5.97 Å². The molecule has 0 saturated carbocycles. The van der Waals surface area contributed by atoms with Crippen LogP contribution in [-0.4, -0.2) is 22.1 Å². The monoisotopic (exact) mass is 251 g/mol. The third kappa shape index (κ3) is 4.53. The van der Waals surface area contributed by atoms with E-state index in [1.54, 1.807) is 0 Å². The molecule has 0 amide bonds. The van der Waals surface area contributed by atoms with Crippen molar-refractivity contribution >= 4 is 23.2 Å². The second-order valence-corrected chi connectivity index (χ2v) is 4.68. The smallest absolute Gasteiger partial charge is 0.326 e. The highest BCUT2D eigenvalue weighted by molar-refractivity contribution is 7.80. The second kappa shape index (κ2) is 6.35. The number of thiocarbonyl (C=S) groups is 1. The molecule has 3 nitrogen and oxygen atoms in total. The van der Waals surface area contributed by atoms with E-state index in [2.05, 4.69) is 5.32 Å². The molecule has 0 aliphatic carbocycles. The Morgan fingerprint density at radius 3 is 2.41 bits per heavy atom. The van der Waals surface area contributed by atoms with E-state index in [-0.39, 0.29) is 5.92 Å². The van der Waals surface area contributed by atoms with Gasteiger partial charge in [-0.15, -0.1) is 0 Å². The predicted octanol–water partition coefficient (Wildman–Crippen LogP) is 2.26. The van der Waals surface area contributed by atoms with E-state index in [1.165, 1.54) is 0 Å². The third-order valence-corrected chi connectivity index (χ3v) is 3.01. The van der Waals surface area contributed by atoms with Crippen LogP contribution in [0.3, 0.4) is 0 Å². The highest BCUT2D eigenvalue weighted by atomic mass is 32.1. The molecule has 0 aliphatic heterocycles. The van der Waals surface area contributed by atoms with Gasteiger partial charge in [-0.2, -0.15) is 0 Å². The Labute approximate surface area is 107 Å². The maximum Gasteiger partial charge on any atom is 0.326 e. The molecule has 1 atom stereocenters. The summed E-state index contributed by atoms with van der Waals surface area (Å²) >= 11 is 5.12. The number of rotatable bonds is 5. The summed E-state index contributed by atoms with van der Waals surface area (Å²) in [4.78, 5) is 11.7. The summed E-state index contributed by atoms with van der Waals surface area (Å²) in [5, 5.41) is 12.0. The summed E-state index contributed by atoms with van der Waals surface area (Å²) in [6.07, 6.45) is 0.434. The summed E-state index contributed by atoms with van der Waals surface area (Å²) in [5.74, 6) is -0.723. The quantitative estimate of drug-likeness (QED) is 0.788. The second-order valence-electron chi connectivity index (χ2n) is 4.24. The van der Waals surface area contributed by atoms with Crippen LogP contribution in [0.4, 0.5) is 0 Å². The molecule has 0 fully saturated rings. The van der Waals surface area contributed by atoms with E-state index >= 15 is 0 Å². The lowest BCUT2D eigenvalue weighted by Gasteiger charge is -2.18. The summed E-state index contributed by atoms with van der Waals surface area (Å²) in [7, 11) is 0. The lowest BCUT2D eigenvalue weighted by Crippen LogP contribution is -2.43. The van der Waals surface area contributed by atoms with Crippen LogP contribution in [0.1, 0.15) is 19.4 Å². The lowest BCUT2D eigenvalue weighted by molar-refractivity contribution is -0.139. The number of aliphatic carboxylic acids is 1. The Bertz CT molecular complexity index is 390. The summed E-state index contributed by atoms with van der Waals surface area (Å²) < 4.78 is 0. The van der Waals surface area contributed by atoms with Crippen molar-refractivity contribution in [3.8, 4) is 0 Å². The fourth-order valence-corrected chi connectivity index (χ4v) is 1.53. The minimum atomic E-state index is -0.878. The van der Waals surface area contributed by atoms with Crippen LogP contribution in [0.2, 0.25) is 0 Å². The molecule has 1 rings (SSSR count). The average Bonchev–Trinajstić information content (AvgIpc) is 2.29. The van der Waals surface area contributed by atoms with Gasteiger partial charge in [-0.1, -0.05) is 56.4 Å². The van der Waals surface area contributed by atoms with Crippen LogP contribution < -0.4 is 5.32 Å². The first kappa shape index (κ1) is 13.6. The minimum absolute atomic E-state index is 0.155. The molecule has 0 aliphatic rings. The van der Waals surface area contributed by atoms with E-state index in [0.717, 1.165) is 5.56 Å². The number of hydrogen-bond acceptors (Lipinski definition) is 2. The fraction of sp³-hybridized carbons (Fsp3) is 0.385. The summed E-state index contributed by atoms with van der Waals surface area (Å²) in [5.41, 5.74) is 0.985. The molecule has 0 unspecified atom stereocenters. The fourth-order valence-electron chi connectivity index (χ4n) is 1.39. The van der Waals surface area contributed by atoms with E-state index in [9.17, 15) is 4.79 Å². The van der Waals surface area contributed by atoms with Gasteiger partial charge in [0.25, 0.3) is 0 Å². The molecule has 0 spiro atoms. The van der Waals surface area contributed by atoms with Crippen LogP contribution >= 0.6 is 12.2 Å². The topological polar surface area (TPSA) is 49.3 Å². The van der Waals surface area contributed by atoms with E-state index in [0.29, 0.717) is 11.4 Å². The van der Waals surface area contributed by atoms with Crippen molar-refractivity contribution in [2.24, 2.45) is 5.92 Å². The number of hydrogen-bond donors (Lipinski definition) is 2. The van der Waals surface area contributed by atoms with Crippen LogP contribution in [-0.2, 0) is 11.2 Å². The van der Waals surface area contributed by atoms with E-state index in [4.69, 9.17) is 17.3 Å². The Balaban J connectivity index is 2.68. The zero-order valence-electron chi connectivity index (χ0n) is 10.0. The van der Waals surface area contributed by atoms with Gasteiger partial charge in [-0.3, -0.25) is 0 Å². The van der Waals surface area contributed by atoms with Crippen molar-refractivity contribution in [2.45, 2.75) is 26.3 Å². The van der Waals surface area contributed by atoms with E-state index in [1.807, 2.05) is 44.2 Å². The number of carboxylic acids is 1. The van der Waals surface area contributed by atoms with Gasteiger partial charge in [0, 0.05) is 12.3 Å². The molecule has 92 valence electrons. The number of carbonyl (C=O) groups is 1. The van der Waals surface area contributed by atoms with Gasteiger partial charge < -0.3 is 10.4 Å². The molecule has 0 saturated heterocycles. The standard InChI is InChI=1S/C13H17NO2S/c1-9(2)12(17)14-11(13(15)16)8-10-6-4-3-5-7-10/h3-7,9,11H,8H2,1-2H3,(H,14,17)(H,15,16)/t11-/m0/s1. The van der Waals surface area contributed by atoms with E-state index < -0.39 is 12.0 Å². The summed E-state index contributed by atoms with van der Waals surface area (Å²) in [6.45, 7) is 3.88. The maximum absolute atomic E-state index is 11.1. The molecule has 1 aromatic carbocycles. The van der Waals surface area contributed by atoms with Crippen LogP contribution in [0.5, 0.6) is 0 Å². The summed E-state index contributed by atoms with van der Waals surface area (Å²) in [6, 6.07) is 8.87. The normalized spacial score (nSPS) is 12.2. The molecule has 0 radical (unpaired) electrons. The van der Waals surface area contributed by atoms with Gasteiger partial charge in [0.05, 0.1) is 4.99 Å². The first-order chi connectivity index (χ1) is 8.00. The highest BCUT2D eigenvalue weighted by Gasteiger charge is 2.19. The predicted molar refractivity (Wildman–Crippen MR) is 72.1 cm³/mol. The molecule has 0 heterocycles. The Hall–Kier alpha value is -1.42. The van der Waals surface area contributed by atoms with Crippen LogP contribution in [0.25, 0.3) is 0 Å². The van der Waals surface area contributed by atoms with Gasteiger partial charge in [0.2, 0.25) is 0 Å². The molecular formula is C13H17NO2S. The zero-order chi connectivity index (χ0) is 12.8. The molecule has 0 aromatic heterocycles.